The van der Waals surface area contributed by atoms with Gasteiger partial charge in [0.2, 0.25) is 0 Å². The second-order valence-corrected chi connectivity index (χ2v) is 7.54. The van der Waals surface area contributed by atoms with Gasteiger partial charge in [-0.1, -0.05) is 6.92 Å². The fourth-order valence-corrected chi connectivity index (χ4v) is 3.82. The zero-order valence-corrected chi connectivity index (χ0v) is 15.9. The summed E-state index contributed by atoms with van der Waals surface area (Å²) < 4.78 is 27.2. The number of aliphatic hydroxyl groups excluding tert-OH is 1. The number of carbonyl (C=O) groups excluding carboxylic acids is 1. The minimum atomic E-state index is -2.67. The molecule has 1 aliphatic rings. The number of nitrogens with one attached hydrogen (secondary N) is 2. The van der Waals surface area contributed by atoms with Crippen LogP contribution in [0.5, 0.6) is 0 Å². The van der Waals surface area contributed by atoms with Gasteiger partial charge in [-0.05, 0) is 32.3 Å². The summed E-state index contributed by atoms with van der Waals surface area (Å²) in [6.07, 6.45) is 0.429. The van der Waals surface area contributed by atoms with E-state index in [2.05, 4.69) is 20.6 Å². The zero-order valence-electron chi connectivity index (χ0n) is 15.1. The summed E-state index contributed by atoms with van der Waals surface area (Å²) in [6.45, 7) is 4.30. The van der Waals surface area contributed by atoms with Crippen molar-refractivity contribution in [3.8, 4) is 10.4 Å². The smallest absolute Gasteiger partial charge is 0.280 e. The van der Waals surface area contributed by atoms with Crippen molar-refractivity contribution in [1.82, 2.24) is 15.3 Å². The van der Waals surface area contributed by atoms with Crippen LogP contribution in [0.1, 0.15) is 53.7 Å². The maximum Gasteiger partial charge on any atom is 0.280 e. The molecule has 2 aromatic rings. The Hall–Kier alpha value is -2.13. The molecule has 0 spiro atoms. The predicted octanol–water partition coefficient (Wildman–Crippen LogP) is 3.53. The molecule has 9 heteroatoms. The lowest BCUT2D eigenvalue weighted by molar-refractivity contribution is 0.0447. The fourth-order valence-electron chi connectivity index (χ4n) is 2.82. The van der Waals surface area contributed by atoms with Gasteiger partial charge in [-0.15, -0.1) is 11.3 Å². The van der Waals surface area contributed by atoms with Crippen LogP contribution in [0.15, 0.2) is 12.3 Å². The van der Waals surface area contributed by atoms with Crippen molar-refractivity contribution in [3.05, 3.63) is 28.5 Å². The Morgan fingerprint density at radius 3 is 2.81 bits per heavy atom. The minimum Gasteiger partial charge on any atom is -0.391 e. The molecule has 1 fully saturated rings. The van der Waals surface area contributed by atoms with Crippen molar-refractivity contribution in [1.29, 1.82) is 0 Å². The molecule has 2 heterocycles. The van der Waals surface area contributed by atoms with E-state index in [1.165, 1.54) is 12.3 Å². The summed E-state index contributed by atoms with van der Waals surface area (Å²) in [5.74, 6) is 0.000828. The Kier molecular flexibility index (Phi) is 6.01. The van der Waals surface area contributed by atoms with Gasteiger partial charge in [0.15, 0.2) is 5.01 Å². The maximum absolute atomic E-state index is 13.6. The first kappa shape index (κ1) is 19.6. The molecule has 0 aromatic carbocycles. The second-order valence-electron chi connectivity index (χ2n) is 6.54. The number of alkyl halides is 2. The molecule has 3 rings (SSSR count). The van der Waals surface area contributed by atoms with Crippen molar-refractivity contribution in [2.75, 3.05) is 11.9 Å². The fraction of sp³-hybridized carbons (Fsp3) is 0.500. The van der Waals surface area contributed by atoms with Gasteiger partial charge < -0.3 is 15.7 Å². The number of carbonyl (C=O) groups is 1. The van der Waals surface area contributed by atoms with Crippen LogP contribution < -0.4 is 10.6 Å². The number of aliphatic hydroxyl groups is 1. The van der Waals surface area contributed by atoms with Gasteiger partial charge in [0, 0.05) is 23.9 Å². The van der Waals surface area contributed by atoms with Gasteiger partial charge in [0.25, 0.3) is 12.3 Å². The van der Waals surface area contributed by atoms with Gasteiger partial charge >= 0.3 is 0 Å². The highest BCUT2D eigenvalue weighted by Gasteiger charge is 2.31. The molecular weight excluding hydrogens is 374 g/mol. The van der Waals surface area contributed by atoms with Gasteiger partial charge in [0.05, 0.1) is 22.7 Å². The molecule has 0 radical (unpaired) electrons. The molecule has 6 nitrogen and oxygen atoms in total. The molecule has 1 aliphatic carbocycles. The topological polar surface area (TPSA) is 87.1 Å². The van der Waals surface area contributed by atoms with E-state index >= 15 is 0 Å². The van der Waals surface area contributed by atoms with Crippen molar-refractivity contribution in [2.24, 2.45) is 0 Å². The SMILES string of the molecule is CCCNc1cc(C(F)F)c(-c2sc(C(=O)NC3CCC3O)nc2C)cn1. The van der Waals surface area contributed by atoms with Crippen LogP contribution in [-0.4, -0.2) is 39.7 Å². The van der Waals surface area contributed by atoms with Crippen molar-refractivity contribution in [2.45, 2.75) is 51.7 Å². The summed E-state index contributed by atoms with van der Waals surface area (Å²) in [5.41, 5.74) is 0.638. The molecule has 1 amide bonds. The molecule has 2 aromatic heterocycles. The largest absolute Gasteiger partial charge is 0.391 e. The number of amides is 1. The van der Waals surface area contributed by atoms with E-state index in [1.807, 2.05) is 6.92 Å². The third-order valence-electron chi connectivity index (χ3n) is 4.52. The Bertz CT molecular complexity index is 828. The van der Waals surface area contributed by atoms with Gasteiger partial charge in [-0.2, -0.15) is 0 Å². The van der Waals surface area contributed by atoms with E-state index in [0.29, 0.717) is 29.4 Å². The lowest BCUT2D eigenvalue weighted by atomic mass is 9.89. The molecule has 146 valence electrons. The summed E-state index contributed by atoms with van der Waals surface area (Å²) >= 11 is 1.06. The highest BCUT2D eigenvalue weighted by atomic mass is 32.1. The highest BCUT2D eigenvalue weighted by Crippen LogP contribution is 2.37. The zero-order chi connectivity index (χ0) is 19.6. The Morgan fingerprint density at radius 1 is 1.44 bits per heavy atom. The highest BCUT2D eigenvalue weighted by molar-refractivity contribution is 7.17. The average Bonchev–Trinajstić information content (AvgIpc) is 3.04. The summed E-state index contributed by atoms with van der Waals surface area (Å²) in [6, 6.07) is 1.08. The number of halogens is 2. The number of pyridine rings is 1. The number of hydrogen-bond donors (Lipinski definition) is 3. The molecule has 2 atom stereocenters. The van der Waals surface area contributed by atoms with E-state index in [1.54, 1.807) is 6.92 Å². The van der Waals surface area contributed by atoms with Crippen molar-refractivity contribution in [3.63, 3.8) is 0 Å². The summed E-state index contributed by atoms with van der Waals surface area (Å²) in [5, 5.41) is 15.5. The number of rotatable bonds is 7. The quantitative estimate of drug-likeness (QED) is 0.667. The molecule has 0 aliphatic heterocycles. The van der Waals surface area contributed by atoms with Crippen LogP contribution >= 0.6 is 11.3 Å². The lowest BCUT2D eigenvalue weighted by Crippen LogP contribution is -2.50. The predicted molar refractivity (Wildman–Crippen MR) is 100 cm³/mol. The normalized spacial score (nSPS) is 19.0. The van der Waals surface area contributed by atoms with E-state index < -0.39 is 18.4 Å². The number of thiazole rings is 1. The summed E-state index contributed by atoms with van der Waals surface area (Å²) in [7, 11) is 0. The monoisotopic (exact) mass is 396 g/mol. The van der Waals surface area contributed by atoms with E-state index in [0.717, 1.165) is 24.2 Å². The first-order valence-electron chi connectivity index (χ1n) is 8.89. The van der Waals surface area contributed by atoms with E-state index in [-0.39, 0.29) is 22.2 Å². The van der Waals surface area contributed by atoms with Crippen LogP contribution in [0, 0.1) is 6.92 Å². The van der Waals surface area contributed by atoms with Crippen LogP contribution in [0.2, 0.25) is 0 Å². The van der Waals surface area contributed by atoms with E-state index in [9.17, 15) is 18.7 Å². The number of nitrogens with zero attached hydrogens (tertiary/aromatic N) is 2. The van der Waals surface area contributed by atoms with Gasteiger partial charge in [-0.3, -0.25) is 4.79 Å². The molecule has 27 heavy (non-hydrogen) atoms. The van der Waals surface area contributed by atoms with Crippen LogP contribution in [0.4, 0.5) is 14.6 Å². The summed E-state index contributed by atoms with van der Waals surface area (Å²) in [4.78, 5) is 21.3. The number of aryl methyl sites for hydroxylation is 1. The number of hydrogen-bond acceptors (Lipinski definition) is 6. The minimum absolute atomic E-state index is 0.142. The van der Waals surface area contributed by atoms with E-state index in [4.69, 9.17) is 0 Å². The second kappa shape index (κ2) is 8.26. The number of aromatic nitrogens is 2. The third kappa shape index (κ3) is 4.24. The van der Waals surface area contributed by atoms with Crippen molar-refractivity contribution >= 4 is 23.1 Å². The molecule has 0 bridgehead atoms. The Morgan fingerprint density at radius 2 is 2.22 bits per heavy atom. The van der Waals surface area contributed by atoms with Gasteiger partial charge in [-0.25, -0.2) is 18.7 Å². The van der Waals surface area contributed by atoms with Crippen LogP contribution in [0.3, 0.4) is 0 Å². The van der Waals surface area contributed by atoms with Crippen LogP contribution in [0.25, 0.3) is 10.4 Å². The first-order chi connectivity index (χ1) is 12.9. The Labute approximate surface area is 160 Å². The number of anilines is 1. The Balaban J connectivity index is 1.87. The molecule has 1 saturated carbocycles. The average molecular weight is 396 g/mol. The van der Waals surface area contributed by atoms with Crippen molar-refractivity contribution < 1.29 is 18.7 Å². The maximum atomic E-state index is 13.6. The lowest BCUT2D eigenvalue weighted by Gasteiger charge is -2.32. The molecule has 0 saturated heterocycles. The molecular formula is C18H22F2N4O2S. The molecule has 3 N–H and O–H groups in total. The van der Waals surface area contributed by atoms with Crippen LogP contribution in [-0.2, 0) is 0 Å². The third-order valence-corrected chi connectivity index (χ3v) is 5.71. The molecule has 2 unspecified atom stereocenters. The first-order valence-corrected chi connectivity index (χ1v) is 9.71. The van der Waals surface area contributed by atoms with Gasteiger partial charge in [0.1, 0.15) is 5.82 Å². The standard InChI is InChI=1S/C18H22F2N4O2S/c1-3-6-21-14-7-10(16(19)20)11(8-22-14)15-9(2)23-18(27-15)17(26)24-12-4-5-13(12)25/h7-8,12-13,16,25H,3-6H2,1-2H3,(H,21,22)(H,24,26).